The van der Waals surface area contributed by atoms with Gasteiger partial charge in [0.05, 0.1) is 17.3 Å². The Morgan fingerprint density at radius 1 is 1.48 bits per heavy atom. The minimum atomic E-state index is -1.18. The second-order valence-corrected chi connectivity index (χ2v) is 5.90. The smallest absolute Gasteiger partial charge is 0.319 e. The quantitative estimate of drug-likeness (QED) is 0.803. The largest absolute Gasteiger partial charge is 0.384 e. The molecule has 0 radical (unpaired) electrons. The van der Waals surface area contributed by atoms with Gasteiger partial charge in [0.1, 0.15) is 11.4 Å². The maximum atomic E-state index is 13.1. The number of nitrogens with one attached hydrogen (secondary N) is 2. The van der Waals surface area contributed by atoms with E-state index in [4.69, 9.17) is 11.6 Å². The Kier molecular flexibility index (Phi) is 4.82. The molecule has 3 N–H and O–H groups in total. The van der Waals surface area contributed by atoms with E-state index in [9.17, 15) is 14.3 Å². The summed E-state index contributed by atoms with van der Waals surface area (Å²) in [5.41, 5.74) is -0.288. The van der Waals surface area contributed by atoms with Crippen molar-refractivity contribution < 1.29 is 14.3 Å². The summed E-state index contributed by atoms with van der Waals surface area (Å²) < 4.78 is 13.1. The van der Waals surface area contributed by atoms with Gasteiger partial charge in [0, 0.05) is 0 Å². The van der Waals surface area contributed by atoms with Crippen molar-refractivity contribution in [3.05, 3.63) is 51.4 Å². The average Bonchev–Trinajstić information content (AvgIpc) is 2.96. The lowest BCUT2D eigenvalue weighted by Gasteiger charge is -2.23. The molecular formula is C14H14ClFN2O2S. The Bertz CT molecular complexity index is 632. The third kappa shape index (κ3) is 4.17. The van der Waals surface area contributed by atoms with Gasteiger partial charge >= 0.3 is 6.03 Å². The maximum Gasteiger partial charge on any atom is 0.319 e. The molecule has 0 bridgehead atoms. The van der Waals surface area contributed by atoms with Crippen LogP contribution < -0.4 is 10.6 Å². The monoisotopic (exact) mass is 328 g/mol. The number of benzene rings is 1. The van der Waals surface area contributed by atoms with Crippen molar-refractivity contribution >= 4 is 34.7 Å². The Morgan fingerprint density at radius 3 is 2.90 bits per heavy atom. The average molecular weight is 329 g/mol. The molecule has 0 aliphatic carbocycles. The zero-order valence-corrected chi connectivity index (χ0v) is 12.8. The van der Waals surface area contributed by atoms with Crippen LogP contribution in [0.2, 0.25) is 5.02 Å². The third-order valence-corrected chi connectivity index (χ3v) is 3.93. The van der Waals surface area contributed by atoms with E-state index >= 15 is 0 Å². The van der Waals surface area contributed by atoms with Crippen LogP contribution in [0.3, 0.4) is 0 Å². The van der Waals surface area contributed by atoms with E-state index in [0.29, 0.717) is 0 Å². The maximum absolute atomic E-state index is 13.1. The fourth-order valence-electron chi connectivity index (χ4n) is 1.69. The van der Waals surface area contributed by atoms with Crippen molar-refractivity contribution in [2.24, 2.45) is 0 Å². The Labute approximate surface area is 130 Å². The second-order valence-electron chi connectivity index (χ2n) is 4.72. The van der Waals surface area contributed by atoms with Crippen LogP contribution >= 0.6 is 22.9 Å². The molecule has 2 rings (SSSR count). The highest BCUT2D eigenvalue weighted by atomic mass is 35.5. The van der Waals surface area contributed by atoms with E-state index in [0.717, 1.165) is 11.6 Å². The van der Waals surface area contributed by atoms with Crippen LogP contribution in [0, 0.1) is 5.82 Å². The summed E-state index contributed by atoms with van der Waals surface area (Å²) in [7, 11) is 0. The van der Waals surface area contributed by atoms with E-state index in [2.05, 4.69) is 10.6 Å². The van der Waals surface area contributed by atoms with Crippen molar-refractivity contribution in [1.82, 2.24) is 5.32 Å². The van der Waals surface area contributed by atoms with Gasteiger partial charge < -0.3 is 15.7 Å². The van der Waals surface area contributed by atoms with Gasteiger partial charge in [0.25, 0.3) is 0 Å². The van der Waals surface area contributed by atoms with E-state index in [1.165, 1.54) is 23.5 Å². The molecule has 0 saturated carbocycles. The Balaban J connectivity index is 1.95. The molecular weight excluding hydrogens is 315 g/mol. The first-order valence-corrected chi connectivity index (χ1v) is 7.45. The first-order valence-electron chi connectivity index (χ1n) is 6.13. The molecule has 0 spiro atoms. The van der Waals surface area contributed by atoms with Gasteiger partial charge in [-0.2, -0.15) is 11.3 Å². The normalized spacial score (nSPS) is 13.5. The summed E-state index contributed by atoms with van der Waals surface area (Å²) in [4.78, 5) is 11.8. The number of halogens is 2. The van der Waals surface area contributed by atoms with Gasteiger partial charge in [-0.15, -0.1) is 0 Å². The number of hydrogen-bond acceptors (Lipinski definition) is 3. The summed E-state index contributed by atoms with van der Waals surface area (Å²) in [6, 6.07) is 4.89. The van der Waals surface area contributed by atoms with E-state index < -0.39 is 17.4 Å². The topological polar surface area (TPSA) is 61.4 Å². The third-order valence-electron chi connectivity index (χ3n) is 2.91. The molecule has 1 aromatic carbocycles. The lowest BCUT2D eigenvalue weighted by atomic mass is 9.99. The van der Waals surface area contributed by atoms with Gasteiger partial charge in [0.2, 0.25) is 0 Å². The highest BCUT2D eigenvalue weighted by Crippen LogP contribution is 2.23. The van der Waals surface area contributed by atoms with E-state index in [1.807, 2.05) is 10.8 Å². The molecule has 21 heavy (non-hydrogen) atoms. The van der Waals surface area contributed by atoms with Crippen LogP contribution in [0.15, 0.2) is 35.0 Å². The highest BCUT2D eigenvalue weighted by molar-refractivity contribution is 7.08. The van der Waals surface area contributed by atoms with Crippen LogP contribution in [0.5, 0.6) is 0 Å². The number of rotatable bonds is 4. The molecule has 0 aliphatic heterocycles. The first-order chi connectivity index (χ1) is 9.88. The molecule has 1 aromatic heterocycles. The summed E-state index contributed by atoms with van der Waals surface area (Å²) in [6.07, 6.45) is 0. The number of carbonyl (C=O) groups excluding carboxylic acids is 1. The number of thiophene rings is 1. The number of urea groups is 1. The fraction of sp³-hybridized carbons (Fsp3) is 0.214. The molecule has 112 valence electrons. The van der Waals surface area contributed by atoms with Crippen molar-refractivity contribution in [1.29, 1.82) is 0 Å². The standard InChI is InChI=1S/C14H14ClFN2O2S/c1-14(20,9-4-5-21-7-9)8-17-13(19)18-12-6-10(16)2-3-11(12)15/h2-7,20H,8H2,1H3,(H2,17,18,19). The van der Waals surface area contributed by atoms with Gasteiger partial charge in [0.15, 0.2) is 0 Å². The molecule has 2 aromatic rings. The molecule has 0 saturated heterocycles. The summed E-state index contributed by atoms with van der Waals surface area (Å²) in [5, 5.41) is 19.1. The molecule has 1 unspecified atom stereocenters. The highest BCUT2D eigenvalue weighted by Gasteiger charge is 2.24. The summed E-state index contributed by atoms with van der Waals surface area (Å²) in [6.45, 7) is 1.62. The van der Waals surface area contributed by atoms with Crippen LogP contribution in [-0.2, 0) is 5.60 Å². The number of aliphatic hydroxyl groups is 1. The van der Waals surface area contributed by atoms with Crippen molar-refractivity contribution in [2.45, 2.75) is 12.5 Å². The second kappa shape index (κ2) is 6.43. The van der Waals surface area contributed by atoms with Gasteiger partial charge in [-0.05, 0) is 47.5 Å². The van der Waals surface area contributed by atoms with Gasteiger partial charge in [-0.1, -0.05) is 11.6 Å². The molecule has 0 aliphatic rings. The Morgan fingerprint density at radius 2 is 2.24 bits per heavy atom. The molecule has 1 heterocycles. The number of anilines is 1. The SMILES string of the molecule is CC(O)(CNC(=O)Nc1cc(F)ccc1Cl)c1ccsc1. The molecule has 1 atom stereocenters. The molecule has 0 fully saturated rings. The van der Waals surface area contributed by atoms with Crippen molar-refractivity contribution in [3.63, 3.8) is 0 Å². The summed E-state index contributed by atoms with van der Waals surface area (Å²) >= 11 is 7.31. The Hall–Kier alpha value is -1.63. The summed E-state index contributed by atoms with van der Waals surface area (Å²) in [5.74, 6) is -0.500. The van der Waals surface area contributed by atoms with Crippen LogP contribution in [0.4, 0.5) is 14.9 Å². The van der Waals surface area contributed by atoms with Crippen molar-refractivity contribution in [3.8, 4) is 0 Å². The van der Waals surface area contributed by atoms with Crippen molar-refractivity contribution in [2.75, 3.05) is 11.9 Å². The van der Waals surface area contributed by atoms with E-state index in [1.54, 1.807) is 13.0 Å². The predicted octanol–water partition coefficient (Wildman–Crippen LogP) is 3.57. The molecule has 2 amide bonds. The van der Waals surface area contributed by atoms with E-state index in [-0.39, 0.29) is 17.3 Å². The minimum absolute atomic E-state index is 0.0164. The zero-order valence-electron chi connectivity index (χ0n) is 11.2. The first kappa shape index (κ1) is 15.8. The lowest BCUT2D eigenvalue weighted by molar-refractivity contribution is 0.0604. The zero-order chi connectivity index (χ0) is 15.5. The fourth-order valence-corrected chi connectivity index (χ4v) is 2.63. The number of amides is 2. The predicted molar refractivity (Wildman–Crippen MR) is 82.3 cm³/mol. The van der Waals surface area contributed by atoms with Gasteiger partial charge in [-0.25, -0.2) is 9.18 Å². The number of carbonyl (C=O) groups is 1. The molecule has 4 nitrogen and oxygen atoms in total. The lowest BCUT2D eigenvalue weighted by Crippen LogP contribution is -2.40. The van der Waals surface area contributed by atoms with Crippen LogP contribution in [0.25, 0.3) is 0 Å². The molecule has 7 heteroatoms. The number of hydrogen-bond donors (Lipinski definition) is 3. The van der Waals surface area contributed by atoms with Crippen LogP contribution in [0.1, 0.15) is 12.5 Å². The van der Waals surface area contributed by atoms with Gasteiger partial charge in [-0.3, -0.25) is 0 Å². The van der Waals surface area contributed by atoms with Crippen LogP contribution in [-0.4, -0.2) is 17.7 Å². The minimum Gasteiger partial charge on any atom is -0.384 e.